The number of amidine groups is 1. The first-order valence-electron chi connectivity index (χ1n) is 8.83. The molecule has 7 nitrogen and oxygen atoms in total. The molecule has 29 heavy (non-hydrogen) atoms. The third kappa shape index (κ3) is 5.24. The Morgan fingerprint density at radius 1 is 1.21 bits per heavy atom. The van der Waals surface area contributed by atoms with E-state index in [1.54, 1.807) is 4.90 Å². The minimum absolute atomic E-state index is 0.0664. The van der Waals surface area contributed by atoms with Crippen LogP contribution in [-0.2, 0) is 9.59 Å². The number of aromatic carboxylic acids is 1. The summed E-state index contributed by atoms with van der Waals surface area (Å²) >= 11 is 4.61. The van der Waals surface area contributed by atoms with E-state index in [1.165, 1.54) is 36.0 Å². The molecule has 0 aliphatic carbocycles. The lowest BCUT2D eigenvalue weighted by Crippen LogP contribution is -2.45. The Morgan fingerprint density at radius 2 is 1.86 bits per heavy atom. The summed E-state index contributed by atoms with van der Waals surface area (Å²) in [5.74, 6) is -1.53. The number of amides is 2. The Labute approximate surface area is 180 Å². The lowest BCUT2D eigenvalue weighted by atomic mass is 10.2. The highest BCUT2D eigenvalue weighted by Gasteiger charge is 2.35. The smallest absolute Gasteiger partial charge is 0.335 e. The summed E-state index contributed by atoms with van der Waals surface area (Å²) in [6, 6.07) is 13.2. The molecule has 150 valence electrons. The fraction of sp³-hybridized carbons (Fsp3) is 0.200. The van der Waals surface area contributed by atoms with Crippen molar-refractivity contribution < 1.29 is 19.5 Å². The number of nitrogens with zero attached hydrogens (tertiary/aromatic N) is 2. The predicted molar refractivity (Wildman–Crippen MR) is 117 cm³/mol. The molecular formula is C20H18BrN3O4S. The third-order valence-corrected chi connectivity index (χ3v) is 5.92. The van der Waals surface area contributed by atoms with E-state index in [-0.39, 0.29) is 23.8 Å². The SMILES string of the molecule is CCN1C(=O)CC(C(=O)Nc2ccc(C(=O)O)cc2)SC1=Nc1ccc(Br)cc1. The molecule has 2 aromatic rings. The van der Waals surface area contributed by atoms with Crippen LogP contribution in [0.25, 0.3) is 0 Å². The zero-order valence-electron chi connectivity index (χ0n) is 15.5. The summed E-state index contributed by atoms with van der Waals surface area (Å²) in [6.45, 7) is 2.33. The maximum atomic E-state index is 12.7. The van der Waals surface area contributed by atoms with Crippen LogP contribution in [0.2, 0.25) is 0 Å². The minimum atomic E-state index is -1.04. The van der Waals surface area contributed by atoms with Crippen LogP contribution in [0, 0.1) is 0 Å². The zero-order valence-corrected chi connectivity index (χ0v) is 17.9. The van der Waals surface area contributed by atoms with Gasteiger partial charge in [0.15, 0.2) is 5.17 Å². The van der Waals surface area contributed by atoms with Crippen LogP contribution in [0.4, 0.5) is 11.4 Å². The number of thioether (sulfide) groups is 1. The normalized spacial score (nSPS) is 18.0. The molecule has 1 saturated heterocycles. The van der Waals surface area contributed by atoms with Gasteiger partial charge in [0.1, 0.15) is 5.25 Å². The largest absolute Gasteiger partial charge is 0.478 e. The van der Waals surface area contributed by atoms with Crippen molar-refractivity contribution in [1.29, 1.82) is 0 Å². The van der Waals surface area contributed by atoms with Gasteiger partial charge in [0, 0.05) is 23.1 Å². The maximum Gasteiger partial charge on any atom is 0.335 e. The Hall–Kier alpha value is -2.65. The van der Waals surface area contributed by atoms with Gasteiger partial charge in [-0.1, -0.05) is 27.7 Å². The summed E-state index contributed by atoms with van der Waals surface area (Å²) in [5.41, 5.74) is 1.29. The van der Waals surface area contributed by atoms with Crippen molar-refractivity contribution in [1.82, 2.24) is 4.90 Å². The van der Waals surface area contributed by atoms with Crippen LogP contribution in [0.3, 0.4) is 0 Å². The number of halogens is 1. The molecule has 1 unspecified atom stereocenters. The molecule has 0 bridgehead atoms. The Balaban J connectivity index is 1.77. The molecule has 0 saturated carbocycles. The number of benzene rings is 2. The van der Waals surface area contributed by atoms with E-state index < -0.39 is 11.2 Å². The van der Waals surface area contributed by atoms with E-state index in [2.05, 4.69) is 26.2 Å². The van der Waals surface area contributed by atoms with E-state index in [1.807, 2.05) is 31.2 Å². The highest BCUT2D eigenvalue weighted by molar-refractivity contribution is 9.10. The molecule has 1 atom stereocenters. The second kappa shape index (κ2) is 9.23. The summed E-state index contributed by atoms with van der Waals surface area (Å²) in [5, 5.41) is 11.5. The molecular weight excluding hydrogens is 458 g/mol. The summed E-state index contributed by atoms with van der Waals surface area (Å²) < 4.78 is 0.923. The van der Waals surface area contributed by atoms with Gasteiger partial charge in [-0.2, -0.15) is 0 Å². The number of rotatable bonds is 5. The first-order chi connectivity index (χ1) is 13.9. The lowest BCUT2D eigenvalue weighted by molar-refractivity contribution is -0.129. The van der Waals surface area contributed by atoms with Gasteiger partial charge in [-0.05, 0) is 55.5 Å². The predicted octanol–water partition coefficient (Wildman–Crippen LogP) is 4.13. The molecule has 1 heterocycles. The van der Waals surface area contributed by atoms with Gasteiger partial charge >= 0.3 is 5.97 Å². The lowest BCUT2D eigenvalue weighted by Gasteiger charge is -2.30. The Kier molecular flexibility index (Phi) is 6.71. The van der Waals surface area contributed by atoms with Gasteiger partial charge in [0.2, 0.25) is 11.8 Å². The number of hydrogen-bond donors (Lipinski definition) is 2. The average molecular weight is 476 g/mol. The van der Waals surface area contributed by atoms with Crippen LogP contribution in [0.5, 0.6) is 0 Å². The molecule has 0 radical (unpaired) electrons. The first-order valence-corrected chi connectivity index (χ1v) is 10.5. The molecule has 3 rings (SSSR count). The standard InChI is InChI=1S/C20H18BrN3O4S/c1-2-24-17(25)11-16(29-20(24)23-15-9-5-13(21)6-10-15)18(26)22-14-7-3-12(4-8-14)19(27)28/h3-10,16H,2,11H2,1H3,(H,22,26)(H,27,28). The number of nitrogens with one attached hydrogen (secondary N) is 1. The number of carbonyl (C=O) groups excluding carboxylic acids is 2. The zero-order chi connectivity index (χ0) is 21.0. The molecule has 2 N–H and O–H groups in total. The van der Waals surface area contributed by atoms with Gasteiger partial charge in [-0.25, -0.2) is 9.79 Å². The van der Waals surface area contributed by atoms with Crippen molar-refractivity contribution in [2.75, 3.05) is 11.9 Å². The van der Waals surface area contributed by atoms with Crippen LogP contribution in [0.1, 0.15) is 23.7 Å². The van der Waals surface area contributed by atoms with E-state index >= 15 is 0 Å². The molecule has 9 heteroatoms. The highest BCUT2D eigenvalue weighted by Crippen LogP contribution is 2.30. The van der Waals surface area contributed by atoms with Crippen molar-refractivity contribution >= 4 is 62.0 Å². The number of hydrogen-bond acceptors (Lipinski definition) is 5. The Morgan fingerprint density at radius 3 is 2.45 bits per heavy atom. The monoisotopic (exact) mass is 475 g/mol. The van der Waals surface area contributed by atoms with E-state index in [9.17, 15) is 14.4 Å². The third-order valence-electron chi connectivity index (χ3n) is 4.20. The van der Waals surface area contributed by atoms with Crippen molar-refractivity contribution in [3.05, 3.63) is 58.6 Å². The van der Waals surface area contributed by atoms with Crippen LogP contribution >= 0.6 is 27.7 Å². The fourth-order valence-corrected chi connectivity index (χ4v) is 4.12. The quantitative estimate of drug-likeness (QED) is 0.677. The number of carboxylic acids is 1. The number of aliphatic imine (C=N–C) groups is 1. The minimum Gasteiger partial charge on any atom is -0.478 e. The van der Waals surface area contributed by atoms with Gasteiger partial charge in [0.25, 0.3) is 0 Å². The Bertz CT molecular complexity index is 961. The molecule has 2 aromatic carbocycles. The fourth-order valence-electron chi connectivity index (χ4n) is 2.70. The van der Waals surface area contributed by atoms with Crippen LogP contribution in [-0.4, -0.2) is 44.8 Å². The van der Waals surface area contributed by atoms with Crippen molar-refractivity contribution in [2.45, 2.75) is 18.6 Å². The topological polar surface area (TPSA) is 99.1 Å². The van der Waals surface area contributed by atoms with E-state index in [0.29, 0.717) is 23.1 Å². The molecule has 0 spiro atoms. The second-order valence-electron chi connectivity index (χ2n) is 6.19. The highest BCUT2D eigenvalue weighted by atomic mass is 79.9. The van der Waals surface area contributed by atoms with Gasteiger partial charge in [0.05, 0.1) is 11.3 Å². The molecule has 1 aliphatic rings. The van der Waals surface area contributed by atoms with E-state index in [4.69, 9.17) is 5.11 Å². The summed E-state index contributed by atoms with van der Waals surface area (Å²) in [4.78, 5) is 42.3. The maximum absolute atomic E-state index is 12.7. The van der Waals surface area contributed by atoms with Crippen LogP contribution < -0.4 is 5.32 Å². The van der Waals surface area contributed by atoms with E-state index in [0.717, 1.165) is 4.47 Å². The van der Waals surface area contributed by atoms with Crippen molar-refractivity contribution in [3.63, 3.8) is 0 Å². The number of carboxylic acid groups (broad SMARTS) is 1. The molecule has 2 amide bonds. The average Bonchev–Trinajstić information content (AvgIpc) is 2.70. The number of anilines is 1. The van der Waals surface area contributed by atoms with Crippen molar-refractivity contribution in [2.24, 2.45) is 4.99 Å². The number of carbonyl (C=O) groups is 3. The molecule has 1 fully saturated rings. The summed E-state index contributed by atoms with van der Waals surface area (Å²) in [7, 11) is 0. The first kappa shape index (κ1) is 21.1. The van der Waals surface area contributed by atoms with Gasteiger partial charge in [-0.15, -0.1) is 0 Å². The summed E-state index contributed by atoms with van der Waals surface area (Å²) in [6.07, 6.45) is 0.0664. The molecule has 1 aliphatic heterocycles. The molecule has 0 aromatic heterocycles. The van der Waals surface area contributed by atoms with Crippen LogP contribution in [0.15, 0.2) is 58.0 Å². The van der Waals surface area contributed by atoms with Crippen molar-refractivity contribution in [3.8, 4) is 0 Å². The van der Waals surface area contributed by atoms with Gasteiger partial charge in [-0.3, -0.25) is 14.5 Å². The second-order valence-corrected chi connectivity index (χ2v) is 8.28. The van der Waals surface area contributed by atoms with Gasteiger partial charge < -0.3 is 10.4 Å².